The van der Waals surface area contributed by atoms with E-state index in [1.807, 2.05) is 30.3 Å². The third-order valence-electron chi connectivity index (χ3n) is 2.91. The molecule has 3 rings (SSSR count). The van der Waals surface area contributed by atoms with Gasteiger partial charge in [0.25, 0.3) is 5.56 Å². The number of terminal acetylenes is 1. The van der Waals surface area contributed by atoms with Gasteiger partial charge in [0.2, 0.25) is 0 Å². The molecular weight excluding hydrogens is 224 g/mol. The Labute approximate surface area is 104 Å². The largest absolute Gasteiger partial charge is 0.281 e. The average Bonchev–Trinajstić information content (AvgIpc) is 2.40. The summed E-state index contributed by atoms with van der Waals surface area (Å²) in [7, 11) is 0. The van der Waals surface area contributed by atoms with E-state index in [9.17, 15) is 4.79 Å². The van der Waals surface area contributed by atoms with Crippen LogP contribution in [0.2, 0.25) is 0 Å². The SMILES string of the molecule is C#CCn1c(=O)ccc2cc3ccccc3nc21. The maximum Gasteiger partial charge on any atom is 0.253 e. The Bertz CT molecular complexity index is 840. The van der Waals surface area contributed by atoms with E-state index < -0.39 is 0 Å². The van der Waals surface area contributed by atoms with Gasteiger partial charge in [0.05, 0.1) is 12.1 Å². The van der Waals surface area contributed by atoms with E-state index in [2.05, 4.69) is 10.9 Å². The number of pyridine rings is 2. The number of hydrogen-bond acceptors (Lipinski definition) is 2. The Morgan fingerprint density at radius 1 is 1.17 bits per heavy atom. The molecule has 0 atom stereocenters. The van der Waals surface area contributed by atoms with Crippen LogP contribution in [0, 0.1) is 12.3 Å². The molecular formula is C15H10N2O. The zero-order chi connectivity index (χ0) is 12.5. The van der Waals surface area contributed by atoms with E-state index in [-0.39, 0.29) is 12.1 Å². The van der Waals surface area contributed by atoms with Gasteiger partial charge in [-0.2, -0.15) is 0 Å². The highest BCUT2D eigenvalue weighted by Crippen LogP contribution is 2.17. The summed E-state index contributed by atoms with van der Waals surface area (Å²) in [4.78, 5) is 16.3. The molecule has 18 heavy (non-hydrogen) atoms. The van der Waals surface area contributed by atoms with Crippen LogP contribution in [0.25, 0.3) is 21.9 Å². The van der Waals surface area contributed by atoms with Crippen molar-refractivity contribution in [3.05, 3.63) is 52.8 Å². The predicted molar refractivity (Wildman–Crippen MR) is 72.3 cm³/mol. The molecule has 2 heterocycles. The summed E-state index contributed by atoms with van der Waals surface area (Å²) in [6, 6.07) is 13.1. The van der Waals surface area contributed by atoms with Crippen molar-refractivity contribution >= 4 is 21.9 Å². The van der Waals surface area contributed by atoms with E-state index in [1.165, 1.54) is 10.6 Å². The fourth-order valence-electron chi connectivity index (χ4n) is 2.06. The van der Waals surface area contributed by atoms with Crippen LogP contribution >= 0.6 is 0 Å². The van der Waals surface area contributed by atoms with Gasteiger partial charge in [-0.05, 0) is 18.2 Å². The first-order chi connectivity index (χ1) is 8.79. The highest BCUT2D eigenvalue weighted by Gasteiger charge is 2.05. The minimum absolute atomic E-state index is 0.122. The number of rotatable bonds is 1. The zero-order valence-electron chi connectivity index (χ0n) is 9.63. The average molecular weight is 234 g/mol. The van der Waals surface area contributed by atoms with Crippen LogP contribution in [0.3, 0.4) is 0 Å². The van der Waals surface area contributed by atoms with Gasteiger partial charge in [-0.3, -0.25) is 9.36 Å². The third-order valence-corrected chi connectivity index (χ3v) is 2.91. The molecule has 0 unspecified atom stereocenters. The molecule has 0 saturated carbocycles. The van der Waals surface area contributed by atoms with E-state index in [0.29, 0.717) is 5.65 Å². The number of hydrogen-bond donors (Lipinski definition) is 0. The summed E-state index contributed by atoms with van der Waals surface area (Å²) >= 11 is 0. The monoisotopic (exact) mass is 234 g/mol. The molecule has 0 radical (unpaired) electrons. The topological polar surface area (TPSA) is 34.9 Å². The van der Waals surface area contributed by atoms with Crippen LogP contribution in [-0.4, -0.2) is 9.55 Å². The first kappa shape index (κ1) is 10.5. The maximum atomic E-state index is 11.8. The van der Waals surface area contributed by atoms with Gasteiger partial charge in [-0.25, -0.2) is 4.98 Å². The Kier molecular flexibility index (Phi) is 2.35. The molecule has 1 aromatic carbocycles. The van der Waals surface area contributed by atoms with Crippen LogP contribution in [0.4, 0.5) is 0 Å². The Hall–Kier alpha value is -2.60. The quantitative estimate of drug-likeness (QED) is 0.478. The van der Waals surface area contributed by atoms with Gasteiger partial charge in [0.1, 0.15) is 5.65 Å². The number of para-hydroxylation sites is 1. The number of nitrogens with zero attached hydrogens (tertiary/aromatic N) is 2. The second-order valence-electron chi connectivity index (χ2n) is 4.06. The summed E-state index contributed by atoms with van der Waals surface area (Å²) < 4.78 is 1.52. The normalized spacial score (nSPS) is 10.6. The molecule has 3 heteroatoms. The summed E-state index contributed by atoms with van der Waals surface area (Å²) in [6.07, 6.45) is 5.30. The fraction of sp³-hybridized carbons (Fsp3) is 0.0667. The third kappa shape index (κ3) is 1.56. The molecule has 0 N–H and O–H groups in total. The molecule has 0 aliphatic rings. The lowest BCUT2D eigenvalue weighted by Crippen LogP contribution is -2.19. The van der Waals surface area contributed by atoms with Gasteiger partial charge < -0.3 is 0 Å². The van der Waals surface area contributed by atoms with Crippen LogP contribution in [-0.2, 0) is 6.54 Å². The summed E-state index contributed by atoms with van der Waals surface area (Å²) in [6.45, 7) is 0.238. The highest BCUT2D eigenvalue weighted by molar-refractivity contribution is 5.91. The molecule has 2 aromatic heterocycles. The van der Waals surface area contributed by atoms with E-state index in [1.54, 1.807) is 6.07 Å². The van der Waals surface area contributed by atoms with Crippen molar-refractivity contribution in [2.45, 2.75) is 6.54 Å². The summed E-state index contributed by atoms with van der Waals surface area (Å²) in [5, 5.41) is 1.97. The zero-order valence-corrected chi connectivity index (χ0v) is 9.63. The van der Waals surface area contributed by atoms with Gasteiger partial charge >= 0.3 is 0 Å². The van der Waals surface area contributed by atoms with Crippen LogP contribution in [0.1, 0.15) is 0 Å². The second kappa shape index (κ2) is 4.01. The highest BCUT2D eigenvalue weighted by atomic mass is 16.1. The lowest BCUT2D eigenvalue weighted by atomic mass is 10.2. The number of fused-ring (bicyclic) bond motifs is 2. The van der Waals surface area contributed by atoms with Crippen LogP contribution < -0.4 is 5.56 Å². The predicted octanol–water partition coefficient (Wildman–Crippen LogP) is 2.18. The molecule has 0 saturated heterocycles. The molecule has 3 nitrogen and oxygen atoms in total. The Morgan fingerprint density at radius 3 is 2.83 bits per heavy atom. The molecule has 0 spiro atoms. The molecule has 0 amide bonds. The number of aromatic nitrogens is 2. The summed E-state index contributed by atoms with van der Waals surface area (Å²) in [5.74, 6) is 2.49. The first-order valence-electron chi connectivity index (χ1n) is 5.62. The lowest BCUT2D eigenvalue weighted by molar-refractivity contribution is 0.825. The first-order valence-corrected chi connectivity index (χ1v) is 5.62. The van der Waals surface area contributed by atoms with Gasteiger partial charge in [0, 0.05) is 16.8 Å². The second-order valence-corrected chi connectivity index (χ2v) is 4.06. The fourth-order valence-corrected chi connectivity index (χ4v) is 2.06. The van der Waals surface area contributed by atoms with Crippen LogP contribution in [0.5, 0.6) is 0 Å². The standard InChI is InChI=1S/C15H10N2O/c1-2-9-17-14(18)8-7-12-10-11-5-3-4-6-13(11)16-15(12)17/h1,3-8,10H,9H2. The van der Waals surface area contributed by atoms with Crippen molar-refractivity contribution in [1.29, 1.82) is 0 Å². The maximum absolute atomic E-state index is 11.8. The Morgan fingerprint density at radius 2 is 2.00 bits per heavy atom. The van der Waals surface area contributed by atoms with Gasteiger partial charge in [0.15, 0.2) is 0 Å². The van der Waals surface area contributed by atoms with E-state index in [0.717, 1.165) is 16.3 Å². The van der Waals surface area contributed by atoms with Crippen molar-refractivity contribution < 1.29 is 0 Å². The molecule has 0 aliphatic carbocycles. The molecule has 0 bridgehead atoms. The van der Waals surface area contributed by atoms with Crippen molar-refractivity contribution in [1.82, 2.24) is 9.55 Å². The smallest absolute Gasteiger partial charge is 0.253 e. The molecule has 3 aromatic rings. The minimum Gasteiger partial charge on any atom is -0.281 e. The van der Waals surface area contributed by atoms with Crippen LogP contribution in [0.15, 0.2) is 47.3 Å². The van der Waals surface area contributed by atoms with E-state index in [4.69, 9.17) is 6.42 Å². The molecule has 86 valence electrons. The lowest BCUT2D eigenvalue weighted by Gasteiger charge is -2.07. The minimum atomic E-state index is -0.122. The Balaban J connectivity index is 2.47. The molecule has 0 fully saturated rings. The van der Waals surface area contributed by atoms with Crippen molar-refractivity contribution in [3.63, 3.8) is 0 Å². The molecule has 0 aliphatic heterocycles. The number of benzene rings is 1. The van der Waals surface area contributed by atoms with Crippen molar-refractivity contribution in [3.8, 4) is 12.3 Å². The van der Waals surface area contributed by atoms with Gasteiger partial charge in [-0.15, -0.1) is 6.42 Å². The summed E-state index contributed by atoms with van der Waals surface area (Å²) in [5.41, 5.74) is 1.38. The van der Waals surface area contributed by atoms with Crippen molar-refractivity contribution in [2.75, 3.05) is 0 Å². The van der Waals surface area contributed by atoms with E-state index >= 15 is 0 Å². The van der Waals surface area contributed by atoms with Crippen molar-refractivity contribution in [2.24, 2.45) is 0 Å². The van der Waals surface area contributed by atoms with Gasteiger partial charge in [-0.1, -0.05) is 24.1 Å².